The normalized spacial score (nSPS) is 10.2. The molecular weight excluding hydrogens is 214 g/mol. The Morgan fingerprint density at radius 1 is 1.24 bits per heavy atom. The minimum Gasteiger partial charge on any atom is -0.438 e. The molecule has 0 unspecified atom stereocenters. The van der Waals surface area contributed by atoms with Crippen LogP contribution in [0.4, 0.5) is 5.88 Å². The maximum absolute atomic E-state index is 9.02. The Morgan fingerprint density at radius 2 is 1.94 bits per heavy atom. The first-order valence-electron chi connectivity index (χ1n) is 5.24. The lowest BCUT2D eigenvalue weighted by Crippen LogP contribution is -2.19. The predicted molar refractivity (Wildman–Crippen MR) is 66.2 cm³/mol. The van der Waals surface area contributed by atoms with Gasteiger partial charge in [0.2, 0.25) is 5.88 Å². The molecule has 0 amide bonds. The monoisotopic (exact) mass is 227 g/mol. The molecule has 17 heavy (non-hydrogen) atoms. The van der Waals surface area contributed by atoms with Gasteiger partial charge in [0, 0.05) is 25.7 Å². The van der Waals surface area contributed by atoms with Crippen molar-refractivity contribution >= 4 is 5.88 Å². The topological polar surface area (TPSA) is 52.2 Å². The Balaban J connectivity index is 2.39. The maximum atomic E-state index is 9.02. The summed E-state index contributed by atoms with van der Waals surface area (Å²) in [5.74, 6) is 1.16. The van der Waals surface area contributed by atoms with Crippen LogP contribution in [-0.4, -0.2) is 19.1 Å². The van der Waals surface area contributed by atoms with Crippen molar-refractivity contribution < 1.29 is 4.42 Å². The molecule has 4 heteroatoms. The summed E-state index contributed by atoms with van der Waals surface area (Å²) in [4.78, 5) is 0. The fraction of sp³-hybridized carbons (Fsp3) is 0.154. The van der Waals surface area contributed by atoms with E-state index in [9.17, 15) is 0 Å². The summed E-state index contributed by atoms with van der Waals surface area (Å²) < 4.78 is 5.63. The van der Waals surface area contributed by atoms with Crippen LogP contribution >= 0.6 is 0 Å². The van der Waals surface area contributed by atoms with Crippen LogP contribution in [0, 0.1) is 11.3 Å². The molecule has 4 nitrogen and oxygen atoms in total. The fourth-order valence-corrected chi connectivity index (χ4v) is 1.50. The highest BCUT2D eigenvalue weighted by molar-refractivity contribution is 5.64. The molecule has 1 aromatic heterocycles. The number of nitrogens with zero attached hydrogens (tertiary/aromatic N) is 2. The van der Waals surface area contributed by atoms with E-state index in [0.29, 0.717) is 17.2 Å². The quantitative estimate of drug-likeness (QED) is 0.819. The molecular formula is C13H13N3O. The highest BCUT2D eigenvalue weighted by atomic mass is 16.4. The molecule has 86 valence electrons. The molecule has 0 radical (unpaired) electrons. The van der Waals surface area contributed by atoms with Crippen LogP contribution < -0.4 is 5.43 Å². The number of nitriles is 1. The molecule has 0 aliphatic heterocycles. The minimum absolute atomic E-state index is 0.469. The van der Waals surface area contributed by atoms with Crippen molar-refractivity contribution in [3.8, 4) is 17.4 Å². The first kappa shape index (κ1) is 11.2. The van der Waals surface area contributed by atoms with E-state index in [1.165, 1.54) is 0 Å². The lowest BCUT2D eigenvalue weighted by atomic mass is 10.1. The summed E-state index contributed by atoms with van der Waals surface area (Å²) in [5, 5.41) is 10.8. The number of furan rings is 1. The van der Waals surface area contributed by atoms with E-state index < -0.39 is 0 Å². The second kappa shape index (κ2) is 4.73. The van der Waals surface area contributed by atoms with Crippen molar-refractivity contribution in [3.05, 3.63) is 42.0 Å². The van der Waals surface area contributed by atoms with Crippen LogP contribution in [0.3, 0.4) is 0 Å². The van der Waals surface area contributed by atoms with E-state index in [0.717, 1.165) is 5.56 Å². The zero-order valence-electron chi connectivity index (χ0n) is 9.77. The van der Waals surface area contributed by atoms with Crippen molar-refractivity contribution in [1.29, 1.82) is 5.26 Å². The van der Waals surface area contributed by atoms with Crippen LogP contribution in [0.1, 0.15) is 5.56 Å². The molecule has 0 saturated heterocycles. The van der Waals surface area contributed by atoms with Crippen molar-refractivity contribution in [2.45, 2.75) is 0 Å². The van der Waals surface area contributed by atoms with Crippen LogP contribution in [0.15, 0.2) is 40.8 Å². The lowest BCUT2D eigenvalue weighted by Gasteiger charge is -2.10. The van der Waals surface area contributed by atoms with E-state index in [1.54, 1.807) is 11.1 Å². The Morgan fingerprint density at radius 3 is 2.53 bits per heavy atom. The number of nitrogens with one attached hydrogen (secondary N) is 1. The molecule has 0 aliphatic carbocycles. The SMILES string of the molecule is CN(C)Nc1oc(-c2ccccc2)cc1C#N. The van der Waals surface area contributed by atoms with Gasteiger partial charge in [0.25, 0.3) is 0 Å². The van der Waals surface area contributed by atoms with Gasteiger partial charge in [-0.25, -0.2) is 5.01 Å². The smallest absolute Gasteiger partial charge is 0.225 e. The summed E-state index contributed by atoms with van der Waals surface area (Å²) in [6, 6.07) is 13.5. The van der Waals surface area contributed by atoms with Gasteiger partial charge in [0.1, 0.15) is 17.4 Å². The first-order valence-corrected chi connectivity index (χ1v) is 5.24. The average molecular weight is 227 g/mol. The summed E-state index contributed by atoms with van der Waals surface area (Å²) in [6.07, 6.45) is 0. The van der Waals surface area contributed by atoms with E-state index >= 15 is 0 Å². The van der Waals surface area contributed by atoms with Gasteiger partial charge in [-0.05, 0) is 0 Å². The van der Waals surface area contributed by atoms with Crippen LogP contribution in [0.2, 0.25) is 0 Å². The average Bonchev–Trinajstić information content (AvgIpc) is 2.72. The molecule has 1 aromatic carbocycles. The zero-order valence-corrected chi connectivity index (χ0v) is 9.77. The highest BCUT2D eigenvalue weighted by Crippen LogP contribution is 2.28. The molecule has 0 bridgehead atoms. The molecule has 0 aliphatic rings. The van der Waals surface area contributed by atoms with Crippen LogP contribution in [-0.2, 0) is 0 Å². The Bertz CT molecular complexity index is 538. The van der Waals surface area contributed by atoms with Gasteiger partial charge < -0.3 is 4.42 Å². The minimum atomic E-state index is 0.469. The fourth-order valence-electron chi connectivity index (χ4n) is 1.50. The van der Waals surface area contributed by atoms with Gasteiger partial charge in [-0.15, -0.1) is 0 Å². The first-order chi connectivity index (χ1) is 8.20. The second-order valence-corrected chi connectivity index (χ2v) is 3.84. The van der Waals surface area contributed by atoms with E-state index in [1.807, 2.05) is 44.4 Å². The van der Waals surface area contributed by atoms with Crippen molar-refractivity contribution in [3.63, 3.8) is 0 Å². The van der Waals surface area contributed by atoms with Crippen molar-refractivity contribution in [1.82, 2.24) is 5.01 Å². The van der Waals surface area contributed by atoms with Crippen LogP contribution in [0.5, 0.6) is 0 Å². The number of benzene rings is 1. The summed E-state index contributed by atoms with van der Waals surface area (Å²) >= 11 is 0. The van der Waals surface area contributed by atoms with Gasteiger partial charge in [-0.1, -0.05) is 30.3 Å². The van der Waals surface area contributed by atoms with E-state index in [4.69, 9.17) is 9.68 Å². The number of hydrogen-bond donors (Lipinski definition) is 1. The second-order valence-electron chi connectivity index (χ2n) is 3.84. The largest absolute Gasteiger partial charge is 0.438 e. The molecule has 2 rings (SSSR count). The molecule has 1 N–H and O–H groups in total. The standard InChI is InChI=1S/C13H13N3O/c1-16(2)15-13-11(9-14)8-12(17-13)10-6-4-3-5-7-10/h3-8,15H,1-2H3. The molecule has 1 heterocycles. The Hall–Kier alpha value is -2.25. The summed E-state index contributed by atoms with van der Waals surface area (Å²) in [6.45, 7) is 0. The third-order valence-electron chi connectivity index (χ3n) is 2.24. The van der Waals surface area contributed by atoms with Gasteiger partial charge >= 0.3 is 0 Å². The van der Waals surface area contributed by atoms with Gasteiger partial charge in [-0.2, -0.15) is 5.26 Å². The van der Waals surface area contributed by atoms with Gasteiger partial charge in [0.05, 0.1) is 0 Å². The maximum Gasteiger partial charge on any atom is 0.225 e. The Labute approximate surface area is 100 Å². The van der Waals surface area contributed by atoms with Crippen molar-refractivity contribution in [2.24, 2.45) is 0 Å². The third-order valence-corrected chi connectivity index (χ3v) is 2.24. The lowest BCUT2D eigenvalue weighted by molar-refractivity contribution is 0.458. The third kappa shape index (κ3) is 2.47. The molecule has 0 fully saturated rings. The summed E-state index contributed by atoms with van der Waals surface area (Å²) in [7, 11) is 3.68. The number of hydrogen-bond acceptors (Lipinski definition) is 4. The van der Waals surface area contributed by atoms with Gasteiger partial charge in [-0.3, -0.25) is 5.43 Å². The Kier molecular flexibility index (Phi) is 3.12. The van der Waals surface area contributed by atoms with E-state index in [2.05, 4.69) is 11.5 Å². The van der Waals surface area contributed by atoms with Gasteiger partial charge in [0.15, 0.2) is 0 Å². The van der Waals surface area contributed by atoms with Crippen molar-refractivity contribution in [2.75, 3.05) is 19.5 Å². The zero-order chi connectivity index (χ0) is 12.3. The number of rotatable bonds is 3. The molecule has 0 atom stereocenters. The highest BCUT2D eigenvalue weighted by Gasteiger charge is 2.12. The van der Waals surface area contributed by atoms with Crippen LogP contribution in [0.25, 0.3) is 11.3 Å². The molecule has 0 spiro atoms. The molecule has 0 saturated carbocycles. The number of hydrazine groups is 1. The van der Waals surface area contributed by atoms with E-state index in [-0.39, 0.29) is 0 Å². The summed E-state index contributed by atoms with van der Waals surface area (Å²) in [5.41, 5.74) is 4.41. The molecule has 2 aromatic rings. The predicted octanol–water partition coefficient (Wildman–Crippen LogP) is 2.71. The number of anilines is 1.